The predicted octanol–water partition coefficient (Wildman–Crippen LogP) is 5.05. The summed E-state index contributed by atoms with van der Waals surface area (Å²) in [5.41, 5.74) is 5.36. The molecule has 4 rings (SSSR count). The van der Waals surface area contributed by atoms with Crippen LogP contribution < -0.4 is 4.72 Å². The largest absolute Gasteiger partial charge is 0.358 e. The molecular weight excluding hydrogens is 384 g/mol. The van der Waals surface area contributed by atoms with Gasteiger partial charge in [-0.15, -0.1) is 0 Å². The van der Waals surface area contributed by atoms with Crippen molar-refractivity contribution in [2.75, 3.05) is 4.72 Å². The molecule has 29 heavy (non-hydrogen) atoms. The smallest absolute Gasteiger partial charge is 0.262 e. The van der Waals surface area contributed by atoms with Crippen LogP contribution in [-0.4, -0.2) is 19.2 Å². The van der Waals surface area contributed by atoms with E-state index >= 15 is 0 Å². The molecule has 1 aromatic heterocycles. The van der Waals surface area contributed by atoms with E-state index in [0.717, 1.165) is 28.6 Å². The highest BCUT2D eigenvalue weighted by Crippen LogP contribution is 2.39. The molecule has 2 N–H and O–H groups in total. The van der Waals surface area contributed by atoms with Gasteiger partial charge in [0, 0.05) is 34.3 Å². The first-order chi connectivity index (χ1) is 13.4. The fourth-order valence-corrected chi connectivity index (χ4v) is 5.73. The van der Waals surface area contributed by atoms with Gasteiger partial charge in [0.2, 0.25) is 0 Å². The number of aromatic nitrogens is 1. The summed E-state index contributed by atoms with van der Waals surface area (Å²) in [7, 11) is -3.76. The van der Waals surface area contributed by atoms with E-state index in [1.54, 1.807) is 13.0 Å². The normalized spacial score (nSPS) is 16.1. The molecule has 5 nitrogen and oxygen atoms in total. The van der Waals surface area contributed by atoms with Crippen molar-refractivity contribution in [1.82, 2.24) is 4.98 Å². The highest BCUT2D eigenvalue weighted by atomic mass is 32.2. The second-order valence-electron chi connectivity index (χ2n) is 9.06. The summed E-state index contributed by atoms with van der Waals surface area (Å²) >= 11 is 0. The van der Waals surface area contributed by atoms with E-state index in [2.05, 4.69) is 23.6 Å². The molecule has 3 aromatic rings. The van der Waals surface area contributed by atoms with E-state index in [9.17, 15) is 13.2 Å². The zero-order valence-corrected chi connectivity index (χ0v) is 18.3. The van der Waals surface area contributed by atoms with Gasteiger partial charge < -0.3 is 4.98 Å². The molecule has 0 atom stereocenters. The van der Waals surface area contributed by atoms with Crippen molar-refractivity contribution < 1.29 is 13.2 Å². The molecule has 6 heteroatoms. The fourth-order valence-electron chi connectivity index (χ4n) is 4.43. The van der Waals surface area contributed by atoms with E-state index in [1.807, 2.05) is 38.1 Å². The quantitative estimate of drug-likeness (QED) is 0.634. The van der Waals surface area contributed by atoms with Crippen LogP contribution in [0.5, 0.6) is 0 Å². The number of benzene rings is 2. The van der Waals surface area contributed by atoms with Gasteiger partial charge in [-0.25, -0.2) is 8.42 Å². The van der Waals surface area contributed by atoms with Gasteiger partial charge in [-0.3, -0.25) is 9.52 Å². The van der Waals surface area contributed by atoms with E-state index in [0.29, 0.717) is 28.8 Å². The maximum absolute atomic E-state index is 13.1. The summed E-state index contributed by atoms with van der Waals surface area (Å²) in [4.78, 5) is 16.3. The lowest BCUT2D eigenvalue weighted by atomic mass is 9.76. The molecule has 0 unspecified atom stereocenters. The number of carbonyl (C=O) groups excluding carboxylic acids is 1. The highest BCUT2D eigenvalue weighted by molar-refractivity contribution is 7.92. The van der Waals surface area contributed by atoms with Gasteiger partial charge in [-0.05, 0) is 73.6 Å². The lowest BCUT2D eigenvalue weighted by molar-refractivity contribution is 0.0913. The van der Waals surface area contributed by atoms with Gasteiger partial charge in [-0.1, -0.05) is 19.9 Å². The van der Waals surface area contributed by atoms with E-state index in [-0.39, 0.29) is 16.1 Å². The minimum absolute atomic E-state index is 0.0977. The topological polar surface area (TPSA) is 79.0 Å². The lowest BCUT2D eigenvalue weighted by Crippen LogP contribution is -2.26. The Morgan fingerprint density at radius 1 is 0.966 bits per heavy atom. The Balaban J connectivity index is 1.80. The van der Waals surface area contributed by atoms with Crippen molar-refractivity contribution in [1.29, 1.82) is 0 Å². The Kier molecular flexibility index (Phi) is 4.39. The van der Waals surface area contributed by atoms with Crippen LogP contribution in [0.4, 0.5) is 5.69 Å². The third kappa shape index (κ3) is 3.57. The van der Waals surface area contributed by atoms with E-state index in [4.69, 9.17) is 0 Å². The van der Waals surface area contributed by atoms with Gasteiger partial charge in [0.1, 0.15) is 0 Å². The van der Waals surface area contributed by atoms with Crippen molar-refractivity contribution in [2.45, 2.75) is 52.4 Å². The van der Waals surface area contributed by atoms with Gasteiger partial charge in [0.05, 0.1) is 4.90 Å². The first-order valence-electron chi connectivity index (χ1n) is 9.75. The number of fused-ring (bicyclic) bond motifs is 3. The molecule has 0 radical (unpaired) electrons. The molecule has 0 saturated carbocycles. The summed E-state index contributed by atoms with van der Waals surface area (Å²) in [5.74, 6) is 0.117. The molecule has 0 bridgehead atoms. The Bertz CT molecular complexity index is 1250. The molecular formula is C23H26N2O3S. The van der Waals surface area contributed by atoms with E-state index in [1.165, 1.54) is 0 Å². The molecule has 1 aliphatic carbocycles. The van der Waals surface area contributed by atoms with Crippen LogP contribution in [0, 0.1) is 26.2 Å². The lowest BCUT2D eigenvalue weighted by Gasteiger charge is -2.28. The minimum Gasteiger partial charge on any atom is -0.358 e. The maximum atomic E-state index is 13.1. The SMILES string of the molecule is Cc1cc(C)cc(NS(=O)(=O)c2cc3[nH]c4c(c3cc2C)C(=O)CC(C)(C)C4)c1. The first-order valence-corrected chi connectivity index (χ1v) is 11.2. The number of Topliss-reactive ketones (excluding diaryl/α,β-unsaturated/α-hetero) is 1. The first kappa shape index (κ1) is 19.7. The van der Waals surface area contributed by atoms with Crippen LogP contribution in [0.1, 0.15) is 53.0 Å². The summed E-state index contributed by atoms with van der Waals surface area (Å²) in [6.07, 6.45) is 1.27. The third-order valence-electron chi connectivity index (χ3n) is 5.51. The number of rotatable bonds is 3. The van der Waals surface area contributed by atoms with Crippen LogP contribution >= 0.6 is 0 Å². The predicted molar refractivity (Wildman–Crippen MR) is 116 cm³/mol. The van der Waals surface area contributed by atoms with Gasteiger partial charge in [-0.2, -0.15) is 0 Å². The number of carbonyl (C=O) groups is 1. The fraction of sp³-hybridized carbons (Fsp3) is 0.348. The van der Waals surface area contributed by atoms with Crippen molar-refractivity contribution >= 4 is 32.4 Å². The third-order valence-corrected chi connectivity index (χ3v) is 7.03. The molecule has 1 aliphatic rings. The van der Waals surface area contributed by atoms with Crippen LogP contribution in [0.3, 0.4) is 0 Å². The van der Waals surface area contributed by atoms with Crippen molar-refractivity contribution in [3.05, 3.63) is 58.3 Å². The highest BCUT2D eigenvalue weighted by Gasteiger charge is 2.34. The number of hydrogen-bond donors (Lipinski definition) is 2. The zero-order chi connectivity index (χ0) is 21.1. The summed E-state index contributed by atoms with van der Waals surface area (Å²) < 4.78 is 28.9. The second-order valence-corrected chi connectivity index (χ2v) is 10.7. The average molecular weight is 411 g/mol. The summed E-state index contributed by atoms with van der Waals surface area (Å²) in [5, 5.41) is 0.809. The molecule has 2 aromatic carbocycles. The molecule has 0 amide bonds. The van der Waals surface area contributed by atoms with Gasteiger partial charge in [0.15, 0.2) is 5.78 Å². The second kappa shape index (κ2) is 6.46. The van der Waals surface area contributed by atoms with E-state index < -0.39 is 10.0 Å². The van der Waals surface area contributed by atoms with Crippen LogP contribution in [0.15, 0.2) is 35.2 Å². The number of ketones is 1. The maximum Gasteiger partial charge on any atom is 0.262 e. The number of anilines is 1. The Morgan fingerprint density at radius 2 is 1.62 bits per heavy atom. The van der Waals surface area contributed by atoms with Crippen molar-refractivity contribution in [3.8, 4) is 0 Å². The molecule has 152 valence electrons. The van der Waals surface area contributed by atoms with Crippen molar-refractivity contribution in [3.63, 3.8) is 0 Å². The molecule has 0 spiro atoms. The van der Waals surface area contributed by atoms with Crippen LogP contribution in [-0.2, 0) is 16.4 Å². The number of aryl methyl sites for hydroxylation is 3. The number of H-pyrrole nitrogens is 1. The van der Waals surface area contributed by atoms with Crippen LogP contribution in [0.2, 0.25) is 0 Å². The molecule has 1 heterocycles. The van der Waals surface area contributed by atoms with Gasteiger partial charge in [0.25, 0.3) is 10.0 Å². The number of nitrogens with one attached hydrogen (secondary N) is 2. The van der Waals surface area contributed by atoms with Crippen molar-refractivity contribution in [2.24, 2.45) is 5.41 Å². The average Bonchev–Trinajstić information content (AvgIpc) is 2.88. The monoisotopic (exact) mass is 410 g/mol. The Morgan fingerprint density at radius 3 is 2.28 bits per heavy atom. The number of hydrogen-bond acceptors (Lipinski definition) is 3. The Hall–Kier alpha value is -2.60. The zero-order valence-electron chi connectivity index (χ0n) is 17.4. The number of aromatic amines is 1. The Labute approximate surface area is 171 Å². The minimum atomic E-state index is -3.76. The summed E-state index contributed by atoms with van der Waals surface area (Å²) in [6.45, 7) is 9.79. The molecule has 0 aliphatic heterocycles. The molecule has 0 saturated heterocycles. The van der Waals surface area contributed by atoms with Crippen LogP contribution in [0.25, 0.3) is 10.9 Å². The summed E-state index contributed by atoms with van der Waals surface area (Å²) in [6, 6.07) is 9.08. The molecule has 0 fully saturated rings. The standard InChI is InChI=1S/C23H26N2O3S/c1-13-6-14(2)8-16(7-13)25-29(27,28)21-10-18-17(9-15(21)3)22-19(24-18)11-23(4,5)12-20(22)26/h6-10,24-25H,11-12H2,1-5H3. The van der Waals surface area contributed by atoms with Gasteiger partial charge >= 0.3 is 0 Å². The number of sulfonamides is 1.